The zero-order valence-electron chi connectivity index (χ0n) is 6.37. The maximum atomic E-state index is 5.28. The SMILES string of the molecule is Cc1cc(Br)c2c(c1)C=NSO2. The van der Waals surface area contributed by atoms with E-state index in [1.807, 2.05) is 19.1 Å². The average Bonchev–Trinajstić information content (AvgIpc) is 2.04. The Labute approximate surface area is 83.5 Å². The van der Waals surface area contributed by atoms with Crippen molar-refractivity contribution in [1.29, 1.82) is 0 Å². The largest absolute Gasteiger partial charge is 0.402 e. The summed E-state index contributed by atoms with van der Waals surface area (Å²) in [4.78, 5) is 0. The topological polar surface area (TPSA) is 21.6 Å². The van der Waals surface area contributed by atoms with Crippen molar-refractivity contribution in [3.8, 4) is 5.75 Å². The third-order valence-corrected chi connectivity index (χ3v) is 2.59. The highest BCUT2D eigenvalue weighted by Gasteiger charge is 2.11. The van der Waals surface area contributed by atoms with Crippen LogP contribution in [0.2, 0.25) is 0 Å². The van der Waals surface area contributed by atoms with Crippen LogP contribution in [0.3, 0.4) is 0 Å². The molecule has 0 aliphatic carbocycles. The zero-order valence-corrected chi connectivity index (χ0v) is 8.78. The molecule has 1 aromatic rings. The van der Waals surface area contributed by atoms with Gasteiger partial charge in [-0.05, 0) is 40.5 Å². The molecule has 0 amide bonds. The quantitative estimate of drug-likeness (QED) is 0.516. The van der Waals surface area contributed by atoms with Crippen molar-refractivity contribution in [2.45, 2.75) is 6.92 Å². The van der Waals surface area contributed by atoms with Crippen molar-refractivity contribution in [2.24, 2.45) is 4.40 Å². The molecule has 2 rings (SSSR count). The van der Waals surface area contributed by atoms with Gasteiger partial charge in [-0.1, -0.05) is 0 Å². The number of halogens is 1. The summed E-state index contributed by atoms with van der Waals surface area (Å²) in [5.41, 5.74) is 2.23. The second-order valence-electron chi connectivity index (χ2n) is 2.56. The number of aryl methyl sites for hydroxylation is 1. The lowest BCUT2D eigenvalue weighted by Gasteiger charge is -2.11. The van der Waals surface area contributed by atoms with Gasteiger partial charge in [0.25, 0.3) is 0 Å². The molecule has 1 heterocycles. The van der Waals surface area contributed by atoms with E-state index in [2.05, 4.69) is 20.3 Å². The van der Waals surface area contributed by atoms with E-state index in [4.69, 9.17) is 4.18 Å². The first-order valence-electron chi connectivity index (χ1n) is 3.44. The lowest BCUT2D eigenvalue weighted by molar-refractivity contribution is 0.638. The molecule has 4 heteroatoms. The standard InChI is InChI=1S/C8H6BrNOS/c1-5-2-6-4-10-12-11-8(6)7(9)3-5/h2-4H,1H3. The summed E-state index contributed by atoms with van der Waals surface area (Å²) in [6.45, 7) is 2.04. The van der Waals surface area contributed by atoms with Crippen molar-refractivity contribution in [1.82, 2.24) is 0 Å². The minimum absolute atomic E-state index is 0.862. The van der Waals surface area contributed by atoms with E-state index in [1.54, 1.807) is 6.21 Å². The van der Waals surface area contributed by atoms with Gasteiger partial charge < -0.3 is 4.18 Å². The molecule has 0 fully saturated rings. The third-order valence-electron chi connectivity index (χ3n) is 1.57. The van der Waals surface area contributed by atoms with Crippen LogP contribution in [0.5, 0.6) is 5.75 Å². The van der Waals surface area contributed by atoms with Crippen LogP contribution in [-0.2, 0) is 0 Å². The molecule has 12 heavy (non-hydrogen) atoms. The van der Waals surface area contributed by atoms with Gasteiger partial charge in [-0.2, -0.15) is 4.40 Å². The summed E-state index contributed by atoms with van der Waals surface area (Å²) in [5.74, 6) is 0.862. The number of benzene rings is 1. The molecule has 0 unspecified atom stereocenters. The maximum absolute atomic E-state index is 5.28. The van der Waals surface area contributed by atoms with Gasteiger partial charge in [-0.15, -0.1) is 0 Å². The van der Waals surface area contributed by atoms with Gasteiger partial charge in [0.1, 0.15) is 0 Å². The smallest absolute Gasteiger partial charge is 0.201 e. The first kappa shape index (κ1) is 8.13. The first-order valence-corrected chi connectivity index (χ1v) is 4.94. The summed E-state index contributed by atoms with van der Waals surface area (Å²) in [6.07, 6.45) is 1.81. The lowest BCUT2D eigenvalue weighted by atomic mass is 10.1. The second-order valence-corrected chi connectivity index (χ2v) is 3.94. The van der Waals surface area contributed by atoms with Gasteiger partial charge in [0, 0.05) is 11.8 Å². The maximum Gasteiger partial charge on any atom is 0.201 e. The Morgan fingerprint density at radius 2 is 2.33 bits per heavy atom. The van der Waals surface area contributed by atoms with Crippen LogP contribution in [-0.4, -0.2) is 6.21 Å². The number of hydrogen-bond donors (Lipinski definition) is 0. The highest BCUT2D eigenvalue weighted by Crippen LogP contribution is 2.34. The lowest BCUT2D eigenvalue weighted by Crippen LogP contribution is -1.95. The van der Waals surface area contributed by atoms with Crippen LogP contribution in [0.1, 0.15) is 11.1 Å². The number of rotatable bonds is 0. The fraction of sp³-hybridized carbons (Fsp3) is 0.125. The first-order chi connectivity index (χ1) is 5.77. The zero-order chi connectivity index (χ0) is 8.55. The fourth-order valence-electron chi connectivity index (χ4n) is 1.08. The Morgan fingerprint density at radius 3 is 3.17 bits per heavy atom. The van der Waals surface area contributed by atoms with Gasteiger partial charge in [-0.25, -0.2) is 0 Å². The van der Waals surface area contributed by atoms with Crippen molar-refractivity contribution in [3.05, 3.63) is 27.7 Å². The van der Waals surface area contributed by atoms with Crippen LogP contribution in [0.4, 0.5) is 0 Å². The minimum atomic E-state index is 0.862. The van der Waals surface area contributed by atoms with Crippen molar-refractivity contribution < 1.29 is 4.18 Å². The fourth-order valence-corrected chi connectivity index (χ4v) is 2.31. The van der Waals surface area contributed by atoms with Gasteiger partial charge in [0.05, 0.1) is 4.47 Å². The molecule has 0 bridgehead atoms. The van der Waals surface area contributed by atoms with Crippen LogP contribution in [0.25, 0.3) is 0 Å². The van der Waals surface area contributed by atoms with Crippen molar-refractivity contribution in [2.75, 3.05) is 0 Å². The van der Waals surface area contributed by atoms with Gasteiger partial charge in [0.15, 0.2) is 5.75 Å². The molecule has 1 aliphatic heterocycles. The molecule has 62 valence electrons. The van der Waals surface area contributed by atoms with Gasteiger partial charge in [0.2, 0.25) is 12.2 Å². The number of nitrogens with zero attached hydrogens (tertiary/aromatic N) is 1. The highest BCUT2D eigenvalue weighted by molar-refractivity contribution is 9.10. The summed E-state index contributed by atoms with van der Waals surface area (Å²) >= 11 is 4.53. The molecule has 1 aliphatic rings. The van der Waals surface area contributed by atoms with E-state index in [9.17, 15) is 0 Å². The van der Waals surface area contributed by atoms with Crippen LogP contribution < -0.4 is 4.18 Å². The van der Waals surface area contributed by atoms with Gasteiger partial charge in [-0.3, -0.25) is 0 Å². The van der Waals surface area contributed by atoms with E-state index in [0.29, 0.717) is 0 Å². The molecule has 0 atom stereocenters. The minimum Gasteiger partial charge on any atom is -0.402 e. The molecule has 0 saturated heterocycles. The Morgan fingerprint density at radius 1 is 1.50 bits per heavy atom. The van der Waals surface area contributed by atoms with E-state index < -0.39 is 0 Å². The molecule has 1 aromatic carbocycles. The summed E-state index contributed by atoms with van der Waals surface area (Å²) in [5, 5.41) is 0. The van der Waals surface area contributed by atoms with E-state index in [1.165, 1.54) is 5.56 Å². The van der Waals surface area contributed by atoms with E-state index >= 15 is 0 Å². The summed E-state index contributed by atoms with van der Waals surface area (Å²) < 4.78 is 10.2. The van der Waals surface area contributed by atoms with Crippen molar-refractivity contribution in [3.63, 3.8) is 0 Å². The van der Waals surface area contributed by atoms with Crippen molar-refractivity contribution >= 4 is 34.4 Å². The second kappa shape index (κ2) is 3.11. The molecule has 2 nitrogen and oxygen atoms in total. The summed E-state index contributed by atoms with van der Waals surface area (Å²) in [7, 11) is 0. The molecule has 0 aromatic heterocycles. The number of fused-ring (bicyclic) bond motifs is 1. The Kier molecular flexibility index (Phi) is 2.11. The normalized spacial score (nSPS) is 13.8. The Bertz CT molecular complexity index is 351. The Hall–Kier alpha value is -0.480. The predicted octanol–water partition coefficient (Wildman–Crippen LogP) is 3.13. The highest BCUT2D eigenvalue weighted by atomic mass is 79.9. The third kappa shape index (κ3) is 1.36. The Balaban J connectivity index is 2.62. The van der Waals surface area contributed by atoms with Crippen LogP contribution >= 0.6 is 28.2 Å². The van der Waals surface area contributed by atoms with Gasteiger partial charge >= 0.3 is 0 Å². The summed E-state index contributed by atoms with van der Waals surface area (Å²) in [6, 6.07) is 4.07. The molecule has 0 N–H and O–H groups in total. The van der Waals surface area contributed by atoms with Crippen LogP contribution in [0, 0.1) is 6.92 Å². The molecular weight excluding hydrogens is 238 g/mol. The van der Waals surface area contributed by atoms with E-state index in [-0.39, 0.29) is 0 Å². The average molecular weight is 244 g/mol. The molecule has 0 saturated carbocycles. The monoisotopic (exact) mass is 243 g/mol. The molecule has 0 radical (unpaired) electrons. The van der Waals surface area contributed by atoms with E-state index in [0.717, 1.165) is 28.0 Å². The van der Waals surface area contributed by atoms with Crippen LogP contribution in [0.15, 0.2) is 21.0 Å². The molecule has 0 spiro atoms. The molecular formula is C8H6BrNOS. The number of hydrogen-bond acceptors (Lipinski definition) is 3. The predicted molar refractivity (Wildman–Crippen MR) is 54.7 cm³/mol.